The molecular formula is C26H37N3O2. The van der Waals surface area contributed by atoms with Crippen molar-refractivity contribution in [2.45, 2.75) is 72.3 Å². The average Bonchev–Trinajstić information content (AvgIpc) is 3.31. The third-order valence-electron chi connectivity index (χ3n) is 9.58. The highest BCUT2D eigenvalue weighted by atomic mass is 16.2. The molecule has 5 rings (SSSR count). The van der Waals surface area contributed by atoms with Crippen molar-refractivity contribution < 1.29 is 9.59 Å². The smallest absolute Gasteiger partial charge is 0.223 e. The van der Waals surface area contributed by atoms with Gasteiger partial charge in [-0.1, -0.05) is 13.8 Å². The summed E-state index contributed by atoms with van der Waals surface area (Å²) in [6, 6.07) is 2.10. The lowest BCUT2D eigenvalue weighted by Crippen LogP contribution is -2.55. The van der Waals surface area contributed by atoms with Gasteiger partial charge in [-0.2, -0.15) is 0 Å². The minimum atomic E-state index is 0.0865. The third kappa shape index (κ3) is 3.39. The SMILES string of the molecule is Cc1ccn(CCNC(=O)C2CC[C@H]3[C@@H]4CN=C5CC(=O)CC[C@]5(C)[C@@H]4CC[C@]23C)c1. The molecule has 4 aliphatic rings. The number of aryl methyl sites for hydroxylation is 1. The van der Waals surface area contributed by atoms with Crippen LogP contribution in [0.3, 0.4) is 0 Å². The zero-order valence-corrected chi connectivity index (χ0v) is 19.3. The van der Waals surface area contributed by atoms with Crippen LogP contribution in [0.2, 0.25) is 0 Å². The van der Waals surface area contributed by atoms with E-state index in [1.54, 1.807) is 0 Å². The normalized spacial score (nSPS) is 39.3. The number of aromatic nitrogens is 1. The molecule has 3 aliphatic carbocycles. The fraction of sp³-hybridized carbons (Fsp3) is 0.731. The second-order valence-corrected chi connectivity index (χ2v) is 11.2. The predicted molar refractivity (Wildman–Crippen MR) is 122 cm³/mol. The van der Waals surface area contributed by atoms with Gasteiger partial charge in [0.15, 0.2) is 0 Å². The number of nitrogens with one attached hydrogen (secondary N) is 1. The summed E-state index contributed by atoms with van der Waals surface area (Å²) in [5.41, 5.74) is 2.63. The molecule has 3 saturated carbocycles. The van der Waals surface area contributed by atoms with Gasteiger partial charge in [-0.3, -0.25) is 14.6 Å². The van der Waals surface area contributed by atoms with Crippen LogP contribution in [0.5, 0.6) is 0 Å². The summed E-state index contributed by atoms with van der Waals surface area (Å²) in [5.74, 6) is 2.51. The molecule has 1 unspecified atom stereocenters. The Morgan fingerprint density at radius 2 is 2.06 bits per heavy atom. The number of fused-ring (bicyclic) bond motifs is 5. The van der Waals surface area contributed by atoms with E-state index in [0.29, 0.717) is 42.9 Å². The molecule has 3 fully saturated rings. The van der Waals surface area contributed by atoms with Crippen LogP contribution in [0.1, 0.15) is 64.4 Å². The number of rotatable bonds is 4. The lowest BCUT2D eigenvalue weighted by atomic mass is 9.49. The van der Waals surface area contributed by atoms with Gasteiger partial charge in [0.25, 0.3) is 0 Å². The number of carbonyl (C=O) groups is 2. The molecule has 31 heavy (non-hydrogen) atoms. The van der Waals surface area contributed by atoms with E-state index in [0.717, 1.165) is 38.8 Å². The van der Waals surface area contributed by atoms with Crippen LogP contribution in [0.25, 0.3) is 0 Å². The average molecular weight is 424 g/mol. The van der Waals surface area contributed by atoms with Gasteiger partial charge in [-0.25, -0.2) is 0 Å². The summed E-state index contributed by atoms with van der Waals surface area (Å²) in [5, 5.41) is 3.25. The van der Waals surface area contributed by atoms with Crippen molar-refractivity contribution in [1.29, 1.82) is 0 Å². The number of Topliss-reactive ketones (excluding diaryl/α,β-unsaturated/α-hetero) is 1. The van der Waals surface area contributed by atoms with Crippen LogP contribution in [-0.2, 0) is 16.1 Å². The number of ketones is 1. The molecule has 1 amide bonds. The Kier molecular flexibility index (Phi) is 5.14. The van der Waals surface area contributed by atoms with Crippen molar-refractivity contribution in [1.82, 2.24) is 9.88 Å². The lowest BCUT2D eigenvalue weighted by molar-refractivity contribution is -0.131. The molecule has 1 aliphatic heterocycles. The second kappa shape index (κ2) is 7.60. The molecule has 0 spiro atoms. The standard InChI is InChI=1S/C26H37N3O2/c1-17-8-12-29(16-17)13-11-27-24(31)22-5-4-20-19-15-28-23-14-18(30)6-9-26(23,3)21(19)7-10-25(20,22)2/h8,12,16,19-22H,4-7,9-11,13-15H2,1-3H3,(H,27,31)/t19-,20-,21+,22?,25-,26+/m0/s1. The lowest BCUT2D eigenvalue weighted by Gasteiger charge is -2.56. The number of hydrogen-bond donors (Lipinski definition) is 1. The van der Waals surface area contributed by atoms with Crippen molar-refractivity contribution in [3.8, 4) is 0 Å². The van der Waals surface area contributed by atoms with Crippen molar-refractivity contribution in [3.05, 3.63) is 24.0 Å². The molecule has 0 radical (unpaired) electrons. The molecule has 168 valence electrons. The van der Waals surface area contributed by atoms with E-state index < -0.39 is 0 Å². The van der Waals surface area contributed by atoms with E-state index in [4.69, 9.17) is 4.99 Å². The van der Waals surface area contributed by atoms with Gasteiger partial charge in [0.05, 0.1) is 0 Å². The van der Waals surface area contributed by atoms with E-state index in [1.807, 2.05) is 0 Å². The molecule has 5 nitrogen and oxygen atoms in total. The first-order chi connectivity index (χ1) is 14.8. The topological polar surface area (TPSA) is 63.5 Å². The van der Waals surface area contributed by atoms with Gasteiger partial charge in [0.1, 0.15) is 5.78 Å². The zero-order valence-electron chi connectivity index (χ0n) is 19.3. The van der Waals surface area contributed by atoms with Gasteiger partial charge in [0, 0.05) is 61.9 Å². The summed E-state index contributed by atoms with van der Waals surface area (Å²) in [6.07, 6.45) is 10.9. The number of hydrogen-bond acceptors (Lipinski definition) is 3. The van der Waals surface area contributed by atoms with Gasteiger partial charge in [-0.15, -0.1) is 0 Å². The van der Waals surface area contributed by atoms with Crippen LogP contribution < -0.4 is 5.32 Å². The quantitative estimate of drug-likeness (QED) is 0.789. The van der Waals surface area contributed by atoms with E-state index in [-0.39, 0.29) is 22.7 Å². The Balaban J connectivity index is 1.27. The van der Waals surface area contributed by atoms with Crippen molar-refractivity contribution in [3.63, 3.8) is 0 Å². The predicted octanol–water partition coefficient (Wildman–Crippen LogP) is 4.19. The highest BCUT2D eigenvalue weighted by molar-refractivity contribution is 6.07. The van der Waals surface area contributed by atoms with Crippen molar-refractivity contribution in [2.75, 3.05) is 13.1 Å². The maximum Gasteiger partial charge on any atom is 0.223 e. The first kappa shape index (κ1) is 21.0. The number of aliphatic imine (C=N–C) groups is 1. The summed E-state index contributed by atoms with van der Waals surface area (Å²) in [4.78, 5) is 30.2. The van der Waals surface area contributed by atoms with E-state index in [9.17, 15) is 9.59 Å². The summed E-state index contributed by atoms with van der Waals surface area (Å²) in [7, 11) is 0. The van der Waals surface area contributed by atoms with Crippen LogP contribution >= 0.6 is 0 Å². The monoisotopic (exact) mass is 423 g/mol. The minimum Gasteiger partial charge on any atom is -0.354 e. The Bertz CT molecular complexity index is 918. The molecule has 1 N–H and O–H groups in total. The molecule has 5 heteroatoms. The first-order valence-corrected chi connectivity index (χ1v) is 12.3. The van der Waals surface area contributed by atoms with E-state index >= 15 is 0 Å². The number of amides is 1. The van der Waals surface area contributed by atoms with Gasteiger partial charge >= 0.3 is 0 Å². The molecule has 2 heterocycles. The van der Waals surface area contributed by atoms with Gasteiger partial charge in [-0.05, 0) is 73.8 Å². The Labute approximate surface area is 186 Å². The molecule has 0 bridgehead atoms. The highest BCUT2D eigenvalue weighted by Gasteiger charge is 2.60. The summed E-state index contributed by atoms with van der Waals surface area (Å²) in [6.45, 7) is 9.23. The molecule has 0 saturated heterocycles. The molecular weight excluding hydrogens is 386 g/mol. The Hall–Kier alpha value is -1.91. The Morgan fingerprint density at radius 1 is 1.23 bits per heavy atom. The van der Waals surface area contributed by atoms with Gasteiger partial charge in [0.2, 0.25) is 5.91 Å². The molecule has 1 aromatic heterocycles. The largest absolute Gasteiger partial charge is 0.354 e. The zero-order chi connectivity index (χ0) is 21.8. The van der Waals surface area contributed by atoms with Crippen LogP contribution in [0.15, 0.2) is 23.5 Å². The van der Waals surface area contributed by atoms with Crippen LogP contribution in [0, 0.1) is 41.4 Å². The Morgan fingerprint density at radius 3 is 2.84 bits per heavy atom. The number of nitrogens with zero attached hydrogens (tertiary/aromatic N) is 2. The fourth-order valence-corrected chi connectivity index (χ4v) is 7.77. The van der Waals surface area contributed by atoms with Crippen LogP contribution in [-0.4, -0.2) is 35.1 Å². The van der Waals surface area contributed by atoms with Crippen LogP contribution in [0.4, 0.5) is 0 Å². The van der Waals surface area contributed by atoms with E-state index in [1.165, 1.54) is 17.7 Å². The molecule has 0 aromatic carbocycles. The summed E-state index contributed by atoms with van der Waals surface area (Å²) >= 11 is 0. The maximum absolute atomic E-state index is 13.2. The third-order valence-corrected chi connectivity index (χ3v) is 9.58. The maximum atomic E-state index is 13.2. The first-order valence-electron chi connectivity index (χ1n) is 12.3. The number of carbonyl (C=O) groups excluding carboxylic acids is 2. The highest BCUT2D eigenvalue weighted by Crippen LogP contribution is 2.63. The molecule has 6 atom stereocenters. The molecule has 1 aromatic rings. The fourth-order valence-electron chi connectivity index (χ4n) is 7.77. The summed E-state index contributed by atoms with van der Waals surface area (Å²) < 4.78 is 2.15. The second-order valence-electron chi connectivity index (χ2n) is 11.2. The van der Waals surface area contributed by atoms with Crippen molar-refractivity contribution in [2.24, 2.45) is 39.5 Å². The van der Waals surface area contributed by atoms with Crippen molar-refractivity contribution >= 4 is 17.4 Å². The van der Waals surface area contributed by atoms with E-state index in [2.05, 4.69) is 49.1 Å². The minimum absolute atomic E-state index is 0.0865. The van der Waals surface area contributed by atoms with Gasteiger partial charge < -0.3 is 9.88 Å².